The van der Waals surface area contributed by atoms with Crippen LogP contribution in [-0.4, -0.2) is 80.1 Å². The van der Waals surface area contributed by atoms with Gasteiger partial charge in [-0.05, 0) is 18.9 Å². The maximum atomic E-state index is 12.5. The Kier molecular flexibility index (Phi) is 6.14. The van der Waals surface area contributed by atoms with Crippen LogP contribution < -0.4 is 4.90 Å². The highest BCUT2D eigenvalue weighted by Gasteiger charge is 2.57. The molecule has 3 aliphatic heterocycles. The first-order chi connectivity index (χ1) is 14.0. The highest BCUT2D eigenvalue weighted by Crippen LogP contribution is 2.52. The molecular weight excluding hydrogens is 410 g/mol. The third-order valence-electron chi connectivity index (χ3n) is 5.75. The molecule has 10 heteroatoms. The molecule has 156 valence electrons. The van der Waals surface area contributed by atoms with Crippen molar-refractivity contribution in [1.29, 1.82) is 0 Å². The molecule has 3 aliphatic rings. The van der Waals surface area contributed by atoms with Crippen LogP contribution in [0.2, 0.25) is 0 Å². The molecule has 0 radical (unpaired) electrons. The lowest BCUT2D eigenvalue weighted by Gasteiger charge is -2.44. The molecule has 4 heterocycles. The second-order valence-electron chi connectivity index (χ2n) is 7.42. The van der Waals surface area contributed by atoms with E-state index in [9.17, 15) is 14.7 Å². The van der Waals surface area contributed by atoms with Crippen LogP contribution in [-0.2, 0) is 9.59 Å². The number of hydrogen-bond acceptors (Lipinski definition) is 8. The van der Waals surface area contributed by atoms with Crippen LogP contribution in [0, 0.1) is 5.92 Å². The highest BCUT2D eigenvalue weighted by molar-refractivity contribution is 8.04. The topological polar surface area (TPSA) is 89.9 Å². The van der Waals surface area contributed by atoms with Crippen LogP contribution in [0.3, 0.4) is 0 Å². The van der Waals surface area contributed by atoms with Crippen molar-refractivity contribution >= 4 is 41.4 Å². The van der Waals surface area contributed by atoms with Gasteiger partial charge in [-0.15, -0.1) is 11.8 Å². The van der Waals surface area contributed by atoms with Crippen molar-refractivity contribution in [3.8, 4) is 0 Å². The van der Waals surface area contributed by atoms with Gasteiger partial charge in [0.15, 0.2) is 0 Å². The van der Waals surface area contributed by atoms with Gasteiger partial charge in [0, 0.05) is 50.0 Å². The number of thiol groups is 1. The Labute approximate surface area is 179 Å². The summed E-state index contributed by atoms with van der Waals surface area (Å²) in [5.74, 6) is 0.160. The van der Waals surface area contributed by atoms with Gasteiger partial charge >= 0.3 is 0 Å². The molecule has 1 N–H and O–H groups in total. The van der Waals surface area contributed by atoms with E-state index in [-0.39, 0.29) is 16.4 Å². The number of thioether (sulfide) groups is 1. The summed E-state index contributed by atoms with van der Waals surface area (Å²) in [5.41, 5.74) is 0.407. The van der Waals surface area contributed by atoms with E-state index < -0.39 is 12.0 Å². The Hall–Kier alpha value is -1.62. The van der Waals surface area contributed by atoms with E-state index in [0.29, 0.717) is 18.5 Å². The largest absolute Gasteiger partial charge is 0.392 e. The van der Waals surface area contributed by atoms with E-state index in [2.05, 4.69) is 32.4 Å². The molecule has 29 heavy (non-hydrogen) atoms. The molecule has 0 aromatic carbocycles. The maximum absolute atomic E-state index is 12.5. The molecule has 0 unspecified atom stereocenters. The number of hydrogen-bond donors (Lipinski definition) is 2. The molecule has 8 nitrogen and oxygen atoms in total. The van der Waals surface area contributed by atoms with Crippen molar-refractivity contribution in [2.45, 2.75) is 31.2 Å². The van der Waals surface area contributed by atoms with Gasteiger partial charge in [-0.25, -0.2) is 9.97 Å². The lowest BCUT2D eigenvalue weighted by atomic mass is 9.90. The first kappa shape index (κ1) is 20.6. The monoisotopic (exact) mass is 435 g/mol. The molecule has 1 amide bonds. The van der Waals surface area contributed by atoms with Crippen molar-refractivity contribution in [2.24, 2.45) is 5.92 Å². The smallest absolute Gasteiger partial charge is 0.236 e. The number of amides is 1. The molecule has 1 aromatic heterocycles. The number of anilines is 1. The zero-order valence-electron chi connectivity index (χ0n) is 16.3. The van der Waals surface area contributed by atoms with Gasteiger partial charge in [0.25, 0.3) is 0 Å². The number of aromatic nitrogens is 2. The molecule has 0 bridgehead atoms. The van der Waals surface area contributed by atoms with Crippen molar-refractivity contribution in [1.82, 2.24) is 19.8 Å². The van der Waals surface area contributed by atoms with Gasteiger partial charge in [0.2, 0.25) is 17.0 Å². The fourth-order valence-corrected chi connectivity index (χ4v) is 5.96. The number of aliphatic hydroxyl groups is 1. The predicted octanol–water partition coefficient (Wildman–Crippen LogP) is 0.959. The van der Waals surface area contributed by atoms with Gasteiger partial charge in [-0.1, -0.05) is 19.6 Å². The minimum absolute atomic E-state index is 0.166. The van der Waals surface area contributed by atoms with E-state index in [0.717, 1.165) is 43.6 Å². The lowest BCUT2D eigenvalue weighted by molar-refractivity contribution is -0.154. The van der Waals surface area contributed by atoms with Gasteiger partial charge in [0.1, 0.15) is 11.1 Å². The highest BCUT2D eigenvalue weighted by atomic mass is 32.2. The van der Waals surface area contributed by atoms with E-state index in [1.54, 1.807) is 12.4 Å². The zero-order valence-corrected chi connectivity index (χ0v) is 18.0. The zero-order chi connectivity index (χ0) is 20.5. The average molecular weight is 436 g/mol. The standard InChI is InChI=1S/C19H25N5O3S2/c1-2-12(25)14-16(26)24-15(18(27)28)13(29-17(14)24)4-7-22-8-10-23(11-9-22)19-20-5-3-6-21-19/h3,5-6,12,14,17,25H,2,4,7-11H2,1H3,(H,27,28)/t12-,14+,17+/m0/s1. The minimum atomic E-state index is -0.667. The predicted molar refractivity (Wildman–Crippen MR) is 114 cm³/mol. The number of carbonyl (C=O) groups excluding carboxylic acids is 2. The normalized spacial score (nSPS) is 25.8. The quantitative estimate of drug-likeness (QED) is 0.484. The van der Waals surface area contributed by atoms with Gasteiger partial charge in [0.05, 0.1) is 12.0 Å². The number of piperazine rings is 1. The maximum Gasteiger partial charge on any atom is 0.236 e. The minimum Gasteiger partial charge on any atom is -0.392 e. The Morgan fingerprint density at radius 1 is 1.31 bits per heavy atom. The Balaban J connectivity index is 1.35. The van der Waals surface area contributed by atoms with E-state index in [1.165, 1.54) is 16.7 Å². The van der Waals surface area contributed by atoms with Crippen LogP contribution in [0.5, 0.6) is 0 Å². The van der Waals surface area contributed by atoms with Crippen LogP contribution in [0.4, 0.5) is 5.95 Å². The number of β-lactam (4-membered cyclic amide) rings is 1. The molecule has 2 fully saturated rings. The molecule has 0 aliphatic carbocycles. The summed E-state index contributed by atoms with van der Waals surface area (Å²) in [5, 5.41) is 9.60. The Morgan fingerprint density at radius 3 is 2.62 bits per heavy atom. The fourth-order valence-electron chi connectivity index (χ4n) is 4.08. The summed E-state index contributed by atoms with van der Waals surface area (Å²) in [4.78, 5) is 40.1. The fraction of sp³-hybridized carbons (Fsp3) is 0.579. The van der Waals surface area contributed by atoms with Gasteiger partial charge in [-0.2, -0.15) is 0 Å². The molecular formula is C19H25N5O3S2. The summed E-state index contributed by atoms with van der Waals surface area (Å²) in [6, 6.07) is 1.81. The van der Waals surface area contributed by atoms with Crippen molar-refractivity contribution in [3.05, 3.63) is 29.1 Å². The van der Waals surface area contributed by atoms with Gasteiger partial charge in [-0.3, -0.25) is 19.4 Å². The number of aliphatic hydroxyl groups excluding tert-OH is 1. The van der Waals surface area contributed by atoms with Crippen molar-refractivity contribution < 1.29 is 14.7 Å². The number of fused-ring (bicyclic) bond motifs is 1. The average Bonchev–Trinajstić information content (AvgIpc) is 3.08. The van der Waals surface area contributed by atoms with Crippen LogP contribution >= 0.6 is 24.4 Å². The lowest BCUT2D eigenvalue weighted by Crippen LogP contribution is -2.61. The summed E-state index contributed by atoms with van der Waals surface area (Å²) in [6.45, 7) is 6.16. The molecule has 2 saturated heterocycles. The second-order valence-corrected chi connectivity index (χ2v) is 9.04. The third kappa shape index (κ3) is 3.90. The van der Waals surface area contributed by atoms with Crippen LogP contribution in [0.15, 0.2) is 29.1 Å². The first-order valence-corrected chi connectivity index (χ1v) is 11.2. The second kappa shape index (κ2) is 8.63. The summed E-state index contributed by atoms with van der Waals surface area (Å²) in [6.07, 6.45) is 4.06. The van der Waals surface area contributed by atoms with Crippen LogP contribution in [0.25, 0.3) is 0 Å². The number of nitrogens with zero attached hydrogens (tertiary/aromatic N) is 5. The number of carbonyl (C=O) groups is 2. The molecule has 3 atom stereocenters. The Bertz CT molecular complexity index is 813. The Morgan fingerprint density at radius 2 is 2.00 bits per heavy atom. The van der Waals surface area contributed by atoms with Gasteiger partial charge < -0.3 is 10.0 Å². The summed E-state index contributed by atoms with van der Waals surface area (Å²) >= 11 is 5.54. The van der Waals surface area contributed by atoms with E-state index in [4.69, 9.17) is 0 Å². The van der Waals surface area contributed by atoms with E-state index in [1.807, 2.05) is 13.0 Å². The van der Waals surface area contributed by atoms with E-state index >= 15 is 0 Å². The molecule has 4 rings (SSSR count). The summed E-state index contributed by atoms with van der Waals surface area (Å²) in [7, 11) is 0. The van der Waals surface area contributed by atoms with Crippen LogP contribution in [0.1, 0.15) is 19.8 Å². The SMILES string of the molecule is CC[C@H](O)[C@@H]1C(=O)N2C(C(=O)S)=C(CCN3CCN(c4ncccn4)CC3)S[C@H]12. The first-order valence-electron chi connectivity index (χ1n) is 9.89. The molecule has 0 saturated carbocycles. The van der Waals surface area contributed by atoms with Crippen molar-refractivity contribution in [3.63, 3.8) is 0 Å². The molecule has 1 aromatic rings. The number of rotatable bonds is 7. The summed E-state index contributed by atoms with van der Waals surface area (Å²) < 4.78 is 0. The third-order valence-corrected chi connectivity index (χ3v) is 7.39. The van der Waals surface area contributed by atoms with Crippen molar-refractivity contribution in [2.75, 3.05) is 37.6 Å². The molecule has 0 spiro atoms.